The molecule has 0 unspecified atom stereocenters. The highest BCUT2D eigenvalue weighted by Gasteiger charge is 2.30. The third kappa shape index (κ3) is 4.34. The molecule has 7 heteroatoms. The minimum Gasteiger partial charge on any atom is -0.349 e. The zero-order valence-corrected chi connectivity index (χ0v) is 17.0. The number of carbonyl (C=O) groups is 1. The molecule has 0 saturated carbocycles. The molecule has 1 heterocycles. The van der Waals surface area contributed by atoms with Crippen molar-refractivity contribution in [2.24, 2.45) is 0 Å². The van der Waals surface area contributed by atoms with Crippen molar-refractivity contribution in [1.82, 2.24) is 9.62 Å². The largest absolute Gasteiger partial charge is 0.349 e. The third-order valence-corrected chi connectivity index (χ3v) is 7.25. The van der Waals surface area contributed by atoms with Crippen LogP contribution in [-0.4, -0.2) is 37.8 Å². The standard InChI is InChI=1S/C20H23ClN2O3S/c1-14-7-8-17(13-15(14)2)27(25,26)23-11-9-16(10-12-23)22-20(24)18-5-3-4-6-19(18)21/h3-8,13,16H,9-12H2,1-2H3,(H,22,24). The molecule has 0 aromatic heterocycles. The molecule has 3 rings (SSSR count). The lowest BCUT2D eigenvalue weighted by Gasteiger charge is -2.31. The number of piperidine rings is 1. The summed E-state index contributed by atoms with van der Waals surface area (Å²) in [6.45, 7) is 4.62. The van der Waals surface area contributed by atoms with Crippen molar-refractivity contribution >= 4 is 27.5 Å². The molecule has 0 bridgehead atoms. The van der Waals surface area contributed by atoms with E-state index in [4.69, 9.17) is 11.6 Å². The molecule has 0 spiro atoms. The number of hydrogen-bond donors (Lipinski definition) is 1. The fourth-order valence-electron chi connectivity index (χ4n) is 3.17. The second-order valence-electron chi connectivity index (χ2n) is 6.88. The van der Waals surface area contributed by atoms with Gasteiger partial charge >= 0.3 is 0 Å². The SMILES string of the molecule is Cc1ccc(S(=O)(=O)N2CCC(NC(=O)c3ccccc3Cl)CC2)cc1C. The van der Waals surface area contributed by atoms with Crippen molar-refractivity contribution in [3.8, 4) is 0 Å². The highest BCUT2D eigenvalue weighted by atomic mass is 35.5. The maximum absolute atomic E-state index is 12.9. The van der Waals surface area contributed by atoms with E-state index in [9.17, 15) is 13.2 Å². The lowest BCUT2D eigenvalue weighted by atomic mass is 10.1. The third-order valence-electron chi connectivity index (χ3n) is 5.02. The van der Waals surface area contributed by atoms with E-state index in [-0.39, 0.29) is 11.9 Å². The molecular weight excluding hydrogens is 384 g/mol. The van der Waals surface area contributed by atoms with Crippen molar-refractivity contribution in [3.63, 3.8) is 0 Å². The van der Waals surface area contributed by atoms with Crippen LogP contribution in [0, 0.1) is 13.8 Å². The van der Waals surface area contributed by atoms with Crippen LogP contribution < -0.4 is 5.32 Å². The summed E-state index contributed by atoms with van der Waals surface area (Å²) in [5.41, 5.74) is 2.46. The first-order chi connectivity index (χ1) is 12.8. The average Bonchev–Trinajstić information content (AvgIpc) is 2.64. The van der Waals surface area contributed by atoms with Crippen LogP contribution >= 0.6 is 11.6 Å². The second kappa shape index (κ2) is 8.00. The summed E-state index contributed by atoms with van der Waals surface area (Å²) in [7, 11) is -3.51. The van der Waals surface area contributed by atoms with Gasteiger partial charge in [0.15, 0.2) is 0 Å². The number of nitrogens with zero attached hydrogens (tertiary/aromatic N) is 1. The van der Waals surface area contributed by atoms with E-state index < -0.39 is 10.0 Å². The molecule has 0 aliphatic carbocycles. The number of halogens is 1. The summed E-state index contributed by atoms with van der Waals surface area (Å²) in [6, 6.07) is 12.0. The summed E-state index contributed by atoms with van der Waals surface area (Å²) >= 11 is 6.06. The first kappa shape index (κ1) is 19.9. The van der Waals surface area contributed by atoms with Crippen molar-refractivity contribution in [1.29, 1.82) is 0 Å². The molecule has 144 valence electrons. The van der Waals surface area contributed by atoms with Crippen LogP contribution in [0.5, 0.6) is 0 Å². The van der Waals surface area contributed by atoms with E-state index in [1.807, 2.05) is 19.9 Å². The summed E-state index contributed by atoms with van der Waals surface area (Å²) in [6.07, 6.45) is 1.14. The second-order valence-corrected chi connectivity index (χ2v) is 9.22. The number of rotatable bonds is 4. The number of amides is 1. The zero-order valence-electron chi connectivity index (χ0n) is 15.4. The molecule has 1 saturated heterocycles. The Bertz CT molecular complexity index is 951. The number of carbonyl (C=O) groups excluding carboxylic acids is 1. The Labute approximate surface area is 165 Å². The van der Waals surface area contributed by atoms with Crippen molar-refractivity contribution in [2.75, 3.05) is 13.1 Å². The topological polar surface area (TPSA) is 66.5 Å². The highest BCUT2D eigenvalue weighted by molar-refractivity contribution is 7.89. The fourth-order valence-corrected chi connectivity index (χ4v) is 4.95. The predicted molar refractivity (Wildman–Crippen MR) is 107 cm³/mol. The van der Waals surface area contributed by atoms with Gasteiger partial charge in [0, 0.05) is 19.1 Å². The molecule has 1 amide bonds. The number of aryl methyl sites for hydroxylation is 2. The van der Waals surface area contributed by atoms with Gasteiger partial charge in [0.1, 0.15) is 0 Å². The van der Waals surface area contributed by atoms with Crippen molar-refractivity contribution < 1.29 is 13.2 Å². The van der Waals surface area contributed by atoms with Crippen LogP contribution in [0.15, 0.2) is 47.4 Å². The van der Waals surface area contributed by atoms with Crippen LogP contribution in [0.3, 0.4) is 0 Å². The minimum absolute atomic E-state index is 0.0695. The van der Waals surface area contributed by atoms with Gasteiger partial charge in [-0.3, -0.25) is 4.79 Å². The molecule has 0 atom stereocenters. The van der Waals surface area contributed by atoms with Crippen LogP contribution in [-0.2, 0) is 10.0 Å². The number of nitrogens with one attached hydrogen (secondary N) is 1. The minimum atomic E-state index is -3.51. The normalized spacial score (nSPS) is 16.3. The fraction of sp³-hybridized carbons (Fsp3) is 0.350. The van der Waals surface area contributed by atoms with Gasteiger partial charge in [0.25, 0.3) is 5.91 Å². The van der Waals surface area contributed by atoms with Gasteiger partial charge in [-0.05, 0) is 62.1 Å². The van der Waals surface area contributed by atoms with Gasteiger partial charge in [0.2, 0.25) is 10.0 Å². The zero-order chi connectivity index (χ0) is 19.6. The molecule has 1 fully saturated rings. The lowest BCUT2D eigenvalue weighted by Crippen LogP contribution is -2.46. The summed E-state index contributed by atoms with van der Waals surface area (Å²) < 4.78 is 27.2. The van der Waals surface area contributed by atoms with Crippen molar-refractivity contribution in [2.45, 2.75) is 37.6 Å². The molecule has 0 radical (unpaired) electrons. The lowest BCUT2D eigenvalue weighted by molar-refractivity contribution is 0.0924. The van der Waals surface area contributed by atoms with Gasteiger partial charge < -0.3 is 5.32 Å². The van der Waals surface area contributed by atoms with E-state index in [1.165, 1.54) is 4.31 Å². The first-order valence-corrected chi connectivity index (χ1v) is 10.7. The molecule has 2 aromatic carbocycles. The molecular formula is C20H23ClN2O3S. The quantitative estimate of drug-likeness (QED) is 0.844. The Morgan fingerprint density at radius 1 is 1.07 bits per heavy atom. The van der Waals surface area contributed by atoms with E-state index in [0.717, 1.165) is 11.1 Å². The monoisotopic (exact) mass is 406 g/mol. The van der Waals surface area contributed by atoms with Gasteiger partial charge in [-0.25, -0.2) is 8.42 Å². The van der Waals surface area contributed by atoms with Crippen LogP contribution in [0.4, 0.5) is 0 Å². The molecule has 1 aliphatic heterocycles. The van der Waals surface area contributed by atoms with Crippen molar-refractivity contribution in [3.05, 3.63) is 64.2 Å². The molecule has 1 aliphatic rings. The maximum atomic E-state index is 12.9. The van der Waals surface area contributed by atoms with Crippen LogP contribution in [0.2, 0.25) is 5.02 Å². The summed E-state index contributed by atoms with van der Waals surface area (Å²) in [5, 5.41) is 3.37. The Hall–Kier alpha value is -1.89. The molecule has 1 N–H and O–H groups in total. The Morgan fingerprint density at radius 2 is 1.74 bits per heavy atom. The van der Waals surface area contributed by atoms with Gasteiger partial charge in [-0.2, -0.15) is 4.31 Å². The Morgan fingerprint density at radius 3 is 2.37 bits per heavy atom. The van der Waals surface area contributed by atoms with E-state index in [0.29, 0.717) is 41.4 Å². The number of benzene rings is 2. The number of sulfonamides is 1. The van der Waals surface area contributed by atoms with Crippen LogP contribution in [0.1, 0.15) is 34.3 Å². The van der Waals surface area contributed by atoms with Gasteiger partial charge in [-0.1, -0.05) is 29.8 Å². The maximum Gasteiger partial charge on any atom is 0.253 e. The van der Waals surface area contributed by atoms with Gasteiger partial charge in [0.05, 0.1) is 15.5 Å². The summed E-state index contributed by atoms with van der Waals surface area (Å²) in [4.78, 5) is 12.7. The molecule has 27 heavy (non-hydrogen) atoms. The van der Waals surface area contributed by atoms with Crippen LogP contribution in [0.25, 0.3) is 0 Å². The predicted octanol–water partition coefficient (Wildman–Crippen LogP) is 3.54. The average molecular weight is 407 g/mol. The van der Waals surface area contributed by atoms with E-state index >= 15 is 0 Å². The molecule has 2 aromatic rings. The smallest absolute Gasteiger partial charge is 0.253 e. The Balaban J connectivity index is 1.64. The first-order valence-electron chi connectivity index (χ1n) is 8.92. The highest BCUT2D eigenvalue weighted by Crippen LogP contribution is 2.23. The number of hydrogen-bond acceptors (Lipinski definition) is 3. The van der Waals surface area contributed by atoms with E-state index in [1.54, 1.807) is 36.4 Å². The molecule has 5 nitrogen and oxygen atoms in total. The summed E-state index contributed by atoms with van der Waals surface area (Å²) in [5.74, 6) is -0.226. The Kier molecular flexibility index (Phi) is 5.89. The van der Waals surface area contributed by atoms with E-state index in [2.05, 4.69) is 5.32 Å². The van der Waals surface area contributed by atoms with Gasteiger partial charge in [-0.15, -0.1) is 0 Å².